The van der Waals surface area contributed by atoms with Gasteiger partial charge in [-0.05, 0) is 56.0 Å². The van der Waals surface area contributed by atoms with Gasteiger partial charge in [-0.1, -0.05) is 12.1 Å². The van der Waals surface area contributed by atoms with Crippen LogP contribution >= 0.6 is 0 Å². The molecular weight excluding hydrogens is 200 g/mol. The Hall–Kier alpha value is -1.57. The zero-order chi connectivity index (χ0) is 12.1. The molecule has 0 N–H and O–H groups in total. The Kier molecular flexibility index (Phi) is 4.29. The van der Waals surface area contributed by atoms with Gasteiger partial charge in [-0.15, -0.1) is 0 Å². The highest BCUT2D eigenvalue weighted by Crippen LogP contribution is 2.16. The average molecular weight is 218 g/mol. The Labute approximate surface area is 96.9 Å². The molecule has 0 amide bonds. The second-order valence-corrected chi connectivity index (χ2v) is 3.88. The molecule has 1 aromatic rings. The van der Waals surface area contributed by atoms with E-state index in [0.717, 1.165) is 5.56 Å². The van der Waals surface area contributed by atoms with Gasteiger partial charge < -0.3 is 4.74 Å². The summed E-state index contributed by atoms with van der Waals surface area (Å²) in [4.78, 5) is 11.2. The molecule has 0 aliphatic carbocycles. The standard InChI is InChI=1S/C14H18O2/c1-5-16-14(15)7-6-13-9-11(3)10(2)8-12(13)4/h6-9H,5H2,1-4H3. The molecule has 0 unspecified atom stereocenters. The number of aryl methyl sites for hydroxylation is 3. The highest BCUT2D eigenvalue weighted by molar-refractivity contribution is 5.87. The third-order valence-electron chi connectivity index (χ3n) is 2.57. The summed E-state index contributed by atoms with van der Waals surface area (Å²) in [7, 11) is 0. The van der Waals surface area contributed by atoms with Crippen LogP contribution in [0.15, 0.2) is 18.2 Å². The van der Waals surface area contributed by atoms with E-state index < -0.39 is 0 Å². The van der Waals surface area contributed by atoms with E-state index in [9.17, 15) is 4.79 Å². The number of hydrogen-bond acceptors (Lipinski definition) is 2. The molecule has 2 nitrogen and oxygen atoms in total. The second-order valence-electron chi connectivity index (χ2n) is 3.88. The number of carbonyl (C=O) groups is 1. The van der Waals surface area contributed by atoms with E-state index in [1.54, 1.807) is 13.0 Å². The van der Waals surface area contributed by atoms with Crippen LogP contribution in [0.5, 0.6) is 0 Å². The molecule has 0 aromatic heterocycles. The van der Waals surface area contributed by atoms with Gasteiger partial charge in [-0.2, -0.15) is 0 Å². The summed E-state index contributed by atoms with van der Waals surface area (Å²) < 4.78 is 4.83. The van der Waals surface area contributed by atoms with Crippen molar-refractivity contribution in [2.75, 3.05) is 6.61 Å². The molecule has 0 heterocycles. The average Bonchev–Trinajstić information content (AvgIpc) is 2.22. The van der Waals surface area contributed by atoms with E-state index in [1.807, 2.05) is 6.92 Å². The quantitative estimate of drug-likeness (QED) is 0.575. The molecule has 0 saturated heterocycles. The minimum absolute atomic E-state index is 0.292. The van der Waals surface area contributed by atoms with Crippen LogP contribution in [0.1, 0.15) is 29.2 Å². The Morgan fingerprint density at radius 3 is 2.44 bits per heavy atom. The van der Waals surface area contributed by atoms with Crippen molar-refractivity contribution < 1.29 is 9.53 Å². The third kappa shape index (κ3) is 3.23. The van der Waals surface area contributed by atoms with Crippen molar-refractivity contribution in [3.63, 3.8) is 0 Å². The van der Waals surface area contributed by atoms with Gasteiger partial charge >= 0.3 is 5.97 Å². The number of ether oxygens (including phenoxy) is 1. The third-order valence-corrected chi connectivity index (χ3v) is 2.57. The van der Waals surface area contributed by atoms with E-state index in [2.05, 4.69) is 26.0 Å². The summed E-state index contributed by atoms with van der Waals surface area (Å²) in [5, 5.41) is 0. The van der Waals surface area contributed by atoms with Crippen molar-refractivity contribution in [1.82, 2.24) is 0 Å². The normalized spacial score (nSPS) is 10.8. The minimum Gasteiger partial charge on any atom is -0.463 e. The summed E-state index contributed by atoms with van der Waals surface area (Å²) in [6, 6.07) is 4.21. The SMILES string of the molecule is CCOC(=O)C=Cc1cc(C)c(C)cc1C. The molecule has 0 bridgehead atoms. The fraction of sp³-hybridized carbons (Fsp3) is 0.357. The van der Waals surface area contributed by atoms with Crippen LogP contribution in [-0.4, -0.2) is 12.6 Å². The topological polar surface area (TPSA) is 26.3 Å². The molecule has 1 aromatic carbocycles. The summed E-state index contributed by atoms with van der Waals surface area (Å²) >= 11 is 0. The van der Waals surface area contributed by atoms with E-state index in [4.69, 9.17) is 4.74 Å². The molecular formula is C14H18O2. The first-order valence-corrected chi connectivity index (χ1v) is 5.47. The van der Waals surface area contributed by atoms with Crippen LogP contribution < -0.4 is 0 Å². The van der Waals surface area contributed by atoms with Crippen molar-refractivity contribution in [3.8, 4) is 0 Å². The first-order valence-electron chi connectivity index (χ1n) is 5.47. The highest BCUT2D eigenvalue weighted by atomic mass is 16.5. The zero-order valence-electron chi connectivity index (χ0n) is 10.3. The molecule has 1 rings (SSSR count). The van der Waals surface area contributed by atoms with Crippen LogP contribution in [0.2, 0.25) is 0 Å². The van der Waals surface area contributed by atoms with Gasteiger partial charge in [0.1, 0.15) is 0 Å². The van der Waals surface area contributed by atoms with Crippen LogP contribution in [0, 0.1) is 20.8 Å². The monoisotopic (exact) mass is 218 g/mol. The van der Waals surface area contributed by atoms with Crippen LogP contribution in [0.3, 0.4) is 0 Å². The van der Waals surface area contributed by atoms with Gasteiger partial charge in [0.25, 0.3) is 0 Å². The summed E-state index contributed by atoms with van der Waals surface area (Å²) in [5.41, 5.74) is 4.74. The molecule has 86 valence electrons. The van der Waals surface area contributed by atoms with Crippen molar-refractivity contribution in [2.45, 2.75) is 27.7 Å². The van der Waals surface area contributed by atoms with Gasteiger partial charge in [-0.25, -0.2) is 4.79 Å². The molecule has 0 spiro atoms. The largest absolute Gasteiger partial charge is 0.463 e. The summed E-state index contributed by atoms with van der Waals surface area (Å²) in [6.45, 7) is 8.40. The molecule has 0 saturated carbocycles. The van der Waals surface area contributed by atoms with E-state index in [-0.39, 0.29) is 5.97 Å². The number of carbonyl (C=O) groups excluding carboxylic acids is 1. The van der Waals surface area contributed by atoms with Gasteiger partial charge in [0, 0.05) is 6.08 Å². The maximum atomic E-state index is 11.2. The van der Waals surface area contributed by atoms with E-state index >= 15 is 0 Å². The molecule has 0 aliphatic rings. The van der Waals surface area contributed by atoms with Crippen LogP contribution in [-0.2, 0) is 9.53 Å². The maximum Gasteiger partial charge on any atom is 0.330 e. The Bertz CT molecular complexity index is 417. The van der Waals surface area contributed by atoms with E-state index in [1.165, 1.54) is 22.8 Å². The molecule has 0 atom stereocenters. The maximum absolute atomic E-state index is 11.2. The first kappa shape index (κ1) is 12.5. The lowest BCUT2D eigenvalue weighted by atomic mass is 10.0. The van der Waals surface area contributed by atoms with Crippen LogP contribution in [0.4, 0.5) is 0 Å². The molecule has 0 aliphatic heterocycles. The molecule has 0 radical (unpaired) electrons. The zero-order valence-corrected chi connectivity index (χ0v) is 10.3. The van der Waals surface area contributed by atoms with Crippen LogP contribution in [0.25, 0.3) is 6.08 Å². The summed E-state index contributed by atoms with van der Waals surface area (Å²) in [6.07, 6.45) is 3.28. The smallest absolute Gasteiger partial charge is 0.330 e. The van der Waals surface area contributed by atoms with Crippen molar-refractivity contribution >= 4 is 12.0 Å². The fourth-order valence-corrected chi connectivity index (χ4v) is 1.51. The Morgan fingerprint density at radius 1 is 1.19 bits per heavy atom. The number of rotatable bonds is 3. The first-order chi connectivity index (χ1) is 7.54. The fourth-order valence-electron chi connectivity index (χ4n) is 1.51. The molecule has 16 heavy (non-hydrogen) atoms. The van der Waals surface area contributed by atoms with Gasteiger partial charge in [0.15, 0.2) is 0 Å². The Morgan fingerprint density at radius 2 is 1.81 bits per heavy atom. The van der Waals surface area contributed by atoms with E-state index in [0.29, 0.717) is 6.61 Å². The highest BCUT2D eigenvalue weighted by Gasteiger charge is 2.00. The predicted octanol–water partition coefficient (Wildman–Crippen LogP) is 3.19. The predicted molar refractivity (Wildman–Crippen MR) is 66.3 cm³/mol. The van der Waals surface area contributed by atoms with Gasteiger partial charge in [0.2, 0.25) is 0 Å². The van der Waals surface area contributed by atoms with Gasteiger partial charge in [0.05, 0.1) is 6.61 Å². The minimum atomic E-state index is -0.292. The van der Waals surface area contributed by atoms with Gasteiger partial charge in [-0.3, -0.25) is 0 Å². The lowest BCUT2D eigenvalue weighted by molar-refractivity contribution is -0.137. The second kappa shape index (κ2) is 5.50. The van der Waals surface area contributed by atoms with Crippen molar-refractivity contribution in [1.29, 1.82) is 0 Å². The number of esters is 1. The number of hydrogen-bond donors (Lipinski definition) is 0. The lowest BCUT2D eigenvalue weighted by Gasteiger charge is -2.05. The summed E-state index contributed by atoms with van der Waals surface area (Å²) in [5.74, 6) is -0.292. The Balaban J connectivity index is 2.89. The lowest BCUT2D eigenvalue weighted by Crippen LogP contribution is -1.99. The van der Waals surface area contributed by atoms with Crippen molar-refractivity contribution in [3.05, 3.63) is 40.5 Å². The molecule has 2 heteroatoms. The molecule has 0 fully saturated rings. The number of benzene rings is 1. The van der Waals surface area contributed by atoms with Crippen molar-refractivity contribution in [2.24, 2.45) is 0 Å².